The van der Waals surface area contributed by atoms with Crippen molar-refractivity contribution in [2.75, 3.05) is 6.61 Å². The van der Waals surface area contributed by atoms with Gasteiger partial charge in [0.2, 0.25) is 0 Å². The van der Waals surface area contributed by atoms with Crippen LogP contribution in [0.4, 0.5) is 0 Å². The van der Waals surface area contributed by atoms with Crippen LogP contribution in [-0.4, -0.2) is 60.9 Å². The summed E-state index contributed by atoms with van der Waals surface area (Å²) < 4.78 is 27.1. The van der Waals surface area contributed by atoms with Gasteiger partial charge in [-0.2, -0.15) is 0 Å². The molecule has 0 saturated heterocycles. The molecule has 0 saturated carbocycles. The molecule has 9 heteroatoms. The monoisotopic (exact) mass is 369 g/mol. The molecular weight excluding hydrogens is 346 g/mol. The van der Waals surface area contributed by atoms with Crippen LogP contribution in [-0.2, 0) is 38.1 Å². The van der Waals surface area contributed by atoms with Crippen molar-refractivity contribution < 1.29 is 38.1 Å². The van der Waals surface area contributed by atoms with E-state index in [0.29, 0.717) is 11.7 Å². The van der Waals surface area contributed by atoms with Crippen LogP contribution in [0.2, 0.25) is 0 Å². The zero-order valence-corrected chi connectivity index (χ0v) is 15.4. The number of carbonyl (C=O) groups excluding carboxylic acids is 3. The third-order valence-corrected chi connectivity index (χ3v) is 3.79. The van der Waals surface area contributed by atoms with Gasteiger partial charge in [-0.1, -0.05) is 0 Å². The minimum absolute atomic E-state index is 0.281. The second-order valence-corrected chi connectivity index (χ2v) is 6.11. The zero-order chi connectivity index (χ0) is 19.4. The van der Waals surface area contributed by atoms with Crippen molar-refractivity contribution in [1.29, 1.82) is 0 Å². The van der Waals surface area contributed by atoms with Gasteiger partial charge in [-0.05, 0) is 13.0 Å². The highest BCUT2D eigenvalue weighted by atomic mass is 16.6. The minimum Gasteiger partial charge on any atom is -0.489 e. The maximum atomic E-state index is 11.7. The molecule has 0 aromatic heterocycles. The normalized spacial score (nSPS) is 26.1. The van der Waals surface area contributed by atoms with Crippen LogP contribution < -0.4 is 0 Å². The van der Waals surface area contributed by atoms with E-state index in [2.05, 4.69) is 4.99 Å². The van der Waals surface area contributed by atoms with Gasteiger partial charge in [-0.15, -0.1) is 0 Å². The predicted octanol–water partition coefficient (Wildman–Crippen LogP) is 0.901. The van der Waals surface area contributed by atoms with Crippen molar-refractivity contribution in [3.05, 3.63) is 11.8 Å². The Morgan fingerprint density at radius 3 is 2.31 bits per heavy atom. The van der Waals surface area contributed by atoms with Gasteiger partial charge < -0.3 is 23.7 Å². The number of nitrogens with zero attached hydrogens (tertiary/aromatic N) is 1. The fraction of sp³-hybridized carbons (Fsp3) is 0.647. The number of hydrogen-bond donors (Lipinski definition) is 0. The number of esters is 3. The van der Waals surface area contributed by atoms with E-state index in [4.69, 9.17) is 23.7 Å². The molecule has 2 rings (SSSR count). The first-order valence-corrected chi connectivity index (χ1v) is 8.21. The Balaban J connectivity index is 2.33. The van der Waals surface area contributed by atoms with Gasteiger partial charge in [0.05, 0.1) is 5.76 Å². The number of aliphatic imine (C=N–C) groups is 1. The maximum Gasteiger partial charge on any atom is 0.303 e. The van der Waals surface area contributed by atoms with E-state index < -0.39 is 42.3 Å². The Morgan fingerprint density at radius 1 is 1.08 bits per heavy atom. The Morgan fingerprint density at radius 2 is 1.73 bits per heavy atom. The molecule has 0 aromatic rings. The number of carbonyl (C=O) groups is 3. The standard InChI is InChI=1S/C17H23NO8/c1-8-6-13-15(18-9(2)24-13)17(23-8)16(26-12(5)21)14(25-11(4)20)7-22-10(3)19/h6,13-17H,7H2,1-5H3/t13-,14-,15-,16-,17?/m1/s1. The van der Waals surface area contributed by atoms with Crippen LogP contribution >= 0.6 is 0 Å². The Kier molecular flexibility index (Phi) is 6.23. The molecule has 2 heterocycles. The molecular formula is C17H23NO8. The lowest BCUT2D eigenvalue weighted by molar-refractivity contribution is -0.186. The van der Waals surface area contributed by atoms with E-state index in [-0.39, 0.29) is 12.7 Å². The lowest BCUT2D eigenvalue weighted by Gasteiger charge is -2.37. The second-order valence-electron chi connectivity index (χ2n) is 6.11. The van der Waals surface area contributed by atoms with Crippen molar-refractivity contribution in [2.24, 2.45) is 4.99 Å². The van der Waals surface area contributed by atoms with Crippen molar-refractivity contribution in [3.63, 3.8) is 0 Å². The molecule has 0 fully saturated rings. The van der Waals surface area contributed by atoms with Crippen LogP contribution in [0.1, 0.15) is 34.6 Å². The first kappa shape index (κ1) is 19.7. The van der Waals surface area contributed by atoms with E-state index in [1.165, 1.54) is 20.8 Å². The van der Waals surface area contributed by atoms with Crippen molar-refractivity contribution in [2.45, 2.75) is 65.1 Å². The summed E-state index contributed by atoms with van der Waals surface area (Å²) in [5, 5.41) is 0. The van der Waals surface area contributed by atoms with Gasteiger partial charge in [0.25, 0.3) is 0 Å². The maximum absolute atomic E-state index is 11.7. The van der Waals surface area contributed by atoms with Crippen molar-refractivity contribution >= 4 is 23.8 Å². The minimum atomic E-state index is -1.05. The zero-order valence-electron chi connectivity index (χ0n) is 15.4. The first-order valence-electron chi connectivity index (χ1n) is 8.21. The third-order valence-electron chi connectivity index (χ3n) is 3.79. The van der Waals surface area contributed by atoms with E-state index in [1.54, 1.807) is 19.9 Å². The van der Waals surface area contributed by atoms with Gasteiger partial charge in [0.1, 0.15) is 18.8 Å². The molecule has 2 aliphatic rings. The number of ether oxygens (including phenoxy) is 5. The molecule has 1 unspecified atom stereocenters. The van der Waals surface area contributed by atoms with Crippen LogP contribution in [0.3, 0.4) is 0 Å². The molecule has 2 aliphatic heterocycles. The van der Waals surface area contributed by atoms with Crippen molar-refractivity contribution in [3.8, 4) is 0 Å². The van der Waals surface area contributed by atoms with Gasteiger partial charge >= 0.3 is 17.9 Å². The predicted molar refractivity (Wildman–Crippen MR) is 88.1 cm³/mol. The SMILES string of the molecule is CC(=O)OC[C@@H](OC(C)=O)[C@@H](OC(C)=O)C1OC(C)=C[C@H]2OC(C)=N[C@@H]12. The number of fused-ring (bicyclic) bond motifs is 1. The Hall–Kier alpha value is -2.58. The Labute approximate surface area is 151 Å². The van der Waals surface area contributed by atoms with Crippen LogP contribution in [0.5, 0.6) is 0 Å². The van der Waals surface area contributed by atoms with E-state index >= 15 is 0 Å². The van der Waals surface area contributed by atoms with E-state index in [0.717, 1.165) is 0 Å². The molecule has 0 aliphatic carbocycles. The highest BCUT2D eigenvalue weighted by Crippen LogP contribution is 2.32. The average molecular weight is 369 g/mol. The van der Waals surface area contributed by atoms with Gasteiger partial charge in [0, 0.05) is 27.7 Å². The molecule has 0 aromatic carbocycles. The molecule has 0 bridgehead atoms. The van der Waals surface area contributed by atoms with E-state index in [1.807, 2.05) is 0 Å². The highest BCUT2D eigenvalue weighted by molar-refractivity contribution is 5.76. The topological polar surface area (TPSA) is 110 Å². The largest absolute Gasteiger partial charge is 0.489 e. The average Bonchev–Trinajstić information content (AvgIpc) is 2.87. The lowest BCUT2D eigenvalue weighted by Crippen LogP contribution is -2.54. The third kappa shape index (κ3) is 4.96. The van der Waals surface area contributed by atoms with E-state index in [9.17, 15) is 14.4 Å². The summed E-state index contributed by atoms with van der Waals surface area (Å²) in [5.74, 6) is -0.721. The fourth-order valence-electron chi connectivity index (χ4n) is 2.94. The summed E-state index contributed by atoms with van der Waals surface area (Å²) in [7, 11) is 0. The highest BCUT2D eigenvalue weighted by Gasteiger charge is 2.48. The molecule has 0 radical (unpaired) electrons. The summed E-state index contributed by atoms with van der Waals surface area (Å²) >= 11 is 0. The molecule has 0 amide bonds. The summed E-state index contributed by atoms with van der Waals surface area (Å²) in [6.45, 7) is 6.83. The lowest BCUT2D eigenvalue weighted by atomic mass is 9.94. The van der Waals surface area contributed by atoms with Gasteiger partial charge in [-0.3, -0.25) is 14.4 Å². The van der Waals surface area contributed by atoms with Gasteiger partial charge in [0.15, 0.2) is 24.2 Å². The van der Waals surface area contributed by atoms with Crippen LogP contribution in [0.15, 0.2) is 16.8 Å². The molecule has 0 spiro atoms. The molecule has 0 N–H and O–H groups in total. The number of rotatable bonds is 6. The second kappa shape index (κ2) is 8.20. The smallest absolute Gasteiger partial charge is 0.303 e. The first-order chi connectivity index (χ1) is 12.2. The van der Waals surface area contributed by atoms with Crippen LogP contribution in [0, 0.1) is 0 Å². The summed E-state index contributed by atoms with van der Waals surface area (Å²) in [5.41, 5.74) is 0. The Bertz CT molecular complexity index is 641. The summed E-state index contributed by atoms with van der Waals surface area (Å²) in [6.07, 6.45) is -1.46. The number of allylic oxidation sites excluding steroid dienone is 1. The van der Waals surface area contributed by atoms with Crippen LogP contribution in [0.25, 0.3) is 0 Å². The molecule has 26 heavy (non-hydrogen) atoms. The summed E-state index contributed by atoms with van der Waals surface area (Å²) in [6, 6.07) is -0.488. The van der Waals surface area contributed by atoms with Crippen molar-refractivity contribution in [1.82, 2.24) is 0 Å². The van der Waals surface area contributed by atoms with Gasteiger partial charge in [-0.25, -0.2) is 4.99 Å². The quantitative estimate of drug-likeness (QED) is 0.502. The molecule has 5 atom stereocenters. The summed E-state index contributed by atoms with van der Waals surface area (Å²) in [4.78, 5) is 38.7. The number of hydrogen-bond acceptors (Lipinski definition) is 9. The fourth-order valence-corrected chi connectivity index (χ4v) is 2.94. The molecule has 9 nitrogen and oxygen atoms in total. The molecule has 144 valence electrons.